The Morgan fingerprint density at radius 1 is 1.13 bits per heavy atom. The molecule has 158 valence electrons. The number of carbonyl (C=O) groups excluding carboxylic acids is 3. The number of ether oxygens (including phenoxy) is 1. The second-order valence-electron chi connectivity index (χ2n) is 7.01. The van der Waals surface area contributed by atoms with E-state index in [9.17, 15) is 23.2 Å². The minimum atomic E-state index is -1.14. The quantitative estimate of drug-likeness (QED) is 0.650. The third kappa shape index (κ3) is 4.91. The molecule has 1 heterocycles. The van der Waals surface area contributed by atoms with Gasteiger partial charge in [-0.1, -0.05) is 12.1 Å². The lowest BCUT2D eigenvalue weighted by Gasteiger charge is -2.23. The first-order valence-electron chi connectivity index (χ1n) is 9.34. The number of benzene rings is 2. The van der Waals surface area contributed by atoms with E-state index in [1.165, 1.54) is 6.92 Å². The Labute approximate surface area is 171 Å². The number of hydrogen-bond donors (Lipinski definition) is 3. The molecule has 0 aromatic heterocycles. The maximum absolute atomic E-state index is 13.2. The molecule has 3 N–H and O–H groups in total. The van der Waals surface area contributed by atoms with Gasteiger partial charge in [0.2, 0.25) is 11.8 Å². The van der Waals surface area contributed by atoms with Gasteiger partial charge in [-0.05, 0) is 43.7 Å². The minimum Gasteiger partial charge on any atom is -0.486 e. The maximum atomic E-state index is 13.2. The van der Waals surface area contributed by atoms with Crippen LogP contribution in [0.2, 0.25) is 0 Å². The van der Waals surface area contributed by atoms with Crippen molar-refractivity contribution in [3.05, 3.63) is 59.7 Å². The zero-order valence-electron chi connectivity index (χ0n) is 16.4. The van der Waals surface area contributed by atoms with Crippen LogP contribution in [0.1, 0.15) is 19.4 Å². The molecule has 2 aromatic carbocycles. The van der Waals surface area contributed by atoms with Crippen molar-refractivity contribution < 1.29 is 27.9 Å². The lowest BCUT2D eigenvalue weighted by molar-refractivity contribution is -0.137. The van der Waals surface area contributed by atoms with E-state index in [1.54, 1.807) is 31.2 Å². The van der Waals surface area contributed by atoms with Gasteiger partial charge in [-0.25, -0.2) is 8.78 Å². The molecule has 1 aliphatic rings. The fourth-order valence-electron chi connectivity index (χ4n) is 3.00. The topological polar surface area (TPSA) is 96.5 Å². The summed E-state index contributed by atoms with van der Waals surface area (Å²) in [6, 6.07) is 8.74. The van der Waals surface area contributed by atoms with E-state index in [0.29, 0.717) is 11.4 Å². The molecule has 7 nitrogen and oxygen atoms in total. The maximum Gasteiger partial charge on any atom is 0.250 e. The van der Waals surface area contributed by atoms with Crippen molar-refractivity contribution in [2.75, 3.05) is 5.32 Å². The van der Waals surface area contributed by atoms with Crippen LogP contribution in [0.4, 0.5) is 14.5 Å². The fraction of sp³-hybridized carbons (Fsp3) is 0.286. The van der Waals surface area contributed by atoms with Crippen molar-refractivity contribution in [3.63, 3.8) is 0 Å². The molecule has 9 heteroatoms. The van der Waals surface area contributed by atoms with Crippen LogP contribution in [0.3, 0.4) is 0 Å². The monoisotopic (exact) mass is 417 g/mol. The highest BCUT2D eigenvalue weighted by molar-refractivity contribution is 6.04. The number of rotatable bonds is 5. The van der Waals surface area contributed by atoms with Crippen molar-refractivity contribution in [1.82, 2.24) is 10.6 Å². The van der Waals surface area contributed by atoms with Gasteiger partial charge in [0.05, 0.1) is 5.69 Å². The largest absolute Gasteiger partial charge is 0.486 e. The Morgan fingerprint density at radius 3 is 2.50 bits per heavy atom. The van der Waals surface area contributed by atoms with Crippen LogP contribution >= 0.6 is 0 Å². The average molecular weight is 417 g/mol. The highest BCUT2D eigenvalue weighted by atomic mass is 19.1. The van der Waals surface area contributed by atoms with Gasteiger partial charge in [0.25, 0.3) is 5.91 Å². The van der Waals surface area contributed by atoms with E-state index in [4.69, 9.17) is 4.74 Å². The van der Waals surface area contributed by atoms with Crippen molar-refractivity contribution in [2.24, 2.45) is 5.92 Å². The number of fused-ring (bicyclic) bond motifs is 1. The second kappa shape index (κ2) is 8.89. The molecule has 0 fully saturated rings. The van der Waals surface area contributed by atoms with E-state index < -0.39 is 47.4 Å². The molecular weight excluding hydrogens is 396 g/mol. The highest BCUT2D eigenvalue weighted by Gasteiger charge is 2.34. The summed E-state index contributed by atoms with van der Waals surface area (Å²) in [5.41, 5.74) is 0.704. The van der Waals surface area contributed by atoms with E-state index in [2.05, 4.69) is 16.0 Å². The molecular formula is C21H21F2N3O4. The third-order valence-electron chi connectivity index (χ3n) is 4.68. The van der Waals surface area contributed by atoms with Crippen LogP contribution in [-0.4, -0.2) is 29.9 Å². The van der Waals surface area contributed by atoms with Gasteiger partial charge in [-0.2, -0.15) is 0 Å². The molecule has 0 saturated carbocycles. The lowest BCUT2D eigenvalue weighted by atomic mass is 10.1. The van der Waals surface area contributed by atoms with Crippen molar-refractivity contribution in [3.8, 4) is 5.75 Å². The van der Waals surface area contributed by atoms with Gasteiger partial charge < -0.3 is 20.7 Å². The summed E-state index contributed by atoms with van der Waals surface area (Å²) in [6.45, 7) is 2.85. The van der Waals surface area contributed by atoms with Crippen LogP contribution in [0.15, 0.2) is 42.5 Å². The Bertz CT molecular complexity index is 962. The SMILES string of the molecule is CC(C(=O)NCc1cc(F)cc(F)c1)C(=O)N[C@@H]1C(=O)Nc2ccccc2O[C@@H]1C. The Morgan fingerprint density at radius 2 is 1.80 bits per heavy atom. The molecule has 1 aliphatic heterocycles. The van der Waals surface area contributed by atoms with Gasteiger partial charge in [-0.15, -0.1) is 0 Å². The van der Waals surface area contributed by atoms with Crippen LogP contribution in [0.25, 0.3) is 0 Å². The summed E-state index contributed by atoms with van der Waals surface area (Å²) in [5, 5.41) is 7.67. The van der Waals surface area contributed by atoms with E-state index in [-0.39, 0.29) is 12.1 Å². The molecule has 3 atom stereocenters. The van der Waals surface area contributed by atoms with Gasteiger partial charge in [0.15, 0.2) is 0 Å². The molecule has 1 unspecified atom stereocenters. The summed E-state index contributed by atoms with van der Waals surface area (Å²) >= 11 is 0. The number of carbonyl (C=O) groups is 3. The van der Waals surface area contributed by atoms with Crippen LogP contribution in [-0.2, 0) is 20.9 Å². The third-order valence-corrected chi connectivity index (χ3v) is 4.68. The summed E-state index contributed by atoms with van der Waals surface area (Å²) in [7, 11) is 0. The summed E-state index contributed by atoms with van der Waals surface area (Å²) in [6.07, 6.45) is -0.678. The first-order valence-corrected chi connectivity index (χ1v) is 9.34. The first-order chi connectivity index (χ1) is 14.2. The number of para-hydroxylation sites is 2. The van der Waals surface area contributed by atoms with Gasteiger partial charge in [-0.3, -0.25) is 14.4 Å². The summed E-state index contributed by atoms with van der Waals surface area (Å²) in [5.74, 6) is -4.00. The summed E-state index contributed by atoms with van der Waals surface area (Å²) in [4.78, 5) is 37.3. The van der Waals surface area contributed by atoms with Gasteiger partial charge >= 0.3 is 0 Å². The van der Waals surface area contributed by atoms with E-state index in [0.717, 1.165) is 18.2 Å². The number of amides is 3. The number of halogens is 2. The fourth-order valence-corrected chi connectivity index (χ4v) is 3.00. The number of hydrogen-bond acceptors (Lipinski definition) is 4. The standard InChI is InChI=1S/C21H21F2N3O4/c1-11(19(27)24-10-13-7-14(22)9-15(23)8-13)20(28)26-18-12(2)30-17-6-4-3-5-16(17)25-21(18)29/h3-9,11-12,18H,10H2,1-2H3,(H,24,27)(H,25,29)(H,26,28)/t11?,12-,18+/m1/s1. The summed E-state index contributed by atoms with van der Waals surface area (Å²) < 4.78 is 32.2. The lowest BCUT2D eigenvalue weighted by Crippen LogP contribution is -2.53. The van der Waals surface area contributed by atoms with Crippen molar-refractivity contribution in [2.45, 2.75) is 32.5 Å². The molecule has 0 spiro atoms. The molecule has 30 heavy (non-hydrogen) atoms. The second-order valence-corrected chi connectivity index (χ2v) is 7.01. The molecule has 2 aromatic rings. The first kappa shape index (κ1) is 21.2. The van der Waals surface area contributed by atoms with Crippen LogP contribution < -0.4 is 20.7 Å². The Balaban J connectivity index is 1.60. The average Bonchev–Trinajstić information content (AvgIpc) is 2.81. The Kier molecular flexibility index (Phi) is 6.29. The van der Waals surface area contributed by atoms with Crippen LogP contribution in [0.5, 0.6) is 5.75 Å². The van der Waals surface area contributed by atoms with E-state index in [1.807, 2.05) is 0 Å². The zero-order valence-corrected chi connectivity index (χ0v) is 16.4. The predicted octanol–water partition coefficient (Wildman–Crippen LogP) is 2.12. The predicted molar refractivity (Wildman–Crippen MR) is 104 cm³/mol. The minimum absolute atomic E-state index is 0.149. The Hall–Kier alpha value is -3.49. The molecule has 0 aliphatic carbocycles. The number of nitrogens with one attached hydrogen (secondary N) is 3. The number of anilines is 1. The molecule has 3 rings (SSSR count). The smallest absolute Gasteiger partial charge is 0.250 e. The van der Waals surface area contributed by atoms with Crippen LogP contribution in [0, 0.1) is 17.6 Å². The normalized spacial score (nSPS) is 18.9. The van der Waals surface area contributed by atoms with Gasteiger partial charge in [0, 0.05) is 12.6 Å². The highest BCUT2D eigenvalue weighted by Crippen LogP contribution is 2.28. The molecule has 0 saturated heterocycles. The van der Waals surface area contributed by atoms with Crippen molar-refractivity contribution in [1.29, 1.82) is 0 Å². The van der Waals surface area contributed by atoms with Crippen molar-refractivity contribution >= 4 is 23.4 Å². The van der Waals surface area contributed by atoms with E-state index >= 15 is 0 Å². The molecule has 3 amide bonds. The van der Waals surface area contributed by atoms with Gasteiger partial charge in [0.1, 0.15) is 35.4 Å². The zero-order chi connectivity index (χ0) is 21.8. The molecule has 0 radical (unpaired) electrons. The molecule has 0 bridgehead atoms.